The largest absolute Gasteiger partial charge is 0.417 e. The van der Waals surface area contributed by atoms with Gasteiger partial charge in [-0.3, -0.25) is 4.90 Å². The maximum absolute atomic E-state index is 13.4. The molecule has 0 amide bonds. The smallest absolute Gasteiger partial charge is 0.368 e. The number of aromatic nitrogens is 3. The van der Waals surface area contributed by atoms with E-state index in [0.29, 0.717) is 29.6 Å². The summed E-state index contributed by atoms with van der Waals surface area (Å²) in [6, 6.07) is 12.0. The summed E-state index contributed by atoms with van der Waals surface area (Å²) >= 11 is 11.8. The number of nitrogen functional groups attached to an aromatic ring is 1. The molecule has 0 bridgehead atoms. The van der Waals surface area contributed by atoms with Gasteiger partial charge in [0.2, 0.25) is 11.9 Å². The standard InChI is InChI=1S/C23H25Cl2F3N6/c24-17-4-1-15(2-5-17)7-10-34(14-16-3-6-20(25)19(13-16)23(26,27)28)18-8-11-33(12-9-18)22-30-21(29)31-32-22/h1-6,13,18H,7-12,14H2,(H3,29,30,31,32). The lowest BCUT2D eigenvalue weighted by atomic mass is 10.0. The van der Waals surface area contributed by atoms with Gasteiger partial charge in [-0.05, 0) is 54.7 Å². The number of nitrogens with zero attached hydrogens (tertiary/aromatic N) is 4. The van der Waals surface area contributed by atoms with Gasteiger partial charge in [-0.1, -0.05) is 41.4 Å². The average molecular weight is 513 g/mol. The molecule has 1 aromatic heterocycles. The van der Waals surface area contributed by atoms with Crippen molar-refractivity contribution in [3.63, 3.8) is 0 Å². The summed E-state index contributed by atoms with van der Waals surface area (Å²) in [5.74, 6) is 0.834. The van der Waals surface area contributed by atoms with E-state index < -0.39 is 11.7 Å². The van der Waals surface area contributed by atoms with Crippen LogP contribution in [0.25, 0.3) is 0 Å². The summed E-state index contributed by atoms with van der Waals surface area (Å²) in [5, 5.41) is 7.15. The first-order chi connectivity index (χ1) is 16.2. The van der Waals surface area contributed by atoms with Crippen molar-refractivity contribution in [2.45, 2.75) is 38.0 Å². The Balaban J connectivity index is 1.49. The van der Waals surface area contributed by atoms with Crippen LogP contribution in [0.1, 0.15) is 29.5 Å². The second-order valence-electron chi connectivity index (χ2n) is 8.40. The number of anilines is 2. The number of hydrogen-bond donors (Lipinski definition) is 2. The van der Waals surface area contributed by atoms with Crippen LogP contribution in [0.4, 0.5) is 25.1 Å². The van der Waals surface area contributed by atoms with E-state index in [-0.39, 0.29) is 17.0 Å². The Kier molecular flexibility index (Phi) is 7.54. The lowest BCUT2D eigenvalue weighted by Crippen LogP contribution is -2.45. The van der Waals surface area contributed by atoms with Crippen LogP contribution < -0.4 is 10.6 Å². The van der Waals surface area contributed by atoms with Gasteiger partial charge >= 0.3 is 6.18 Å². The maximum Gasteiger partial charge on any atom is 0.417 e. The van der Waals surface area contributed by atoms with E-state index in [2.05, 4.69) is 25.0 Å². The summed E-state index contributed by atoms with van der Waals surface area (Å²) in [4.78, 5) is 8.50. The number of alkyl halides is 3. The molecule has 1 aliphatic heterocycles. The lowest BCUT2D eigenvalue weighted by molar-refractivity contribution is -0.137. The summed E-state index contributed by atoms with van der Waals surface area (Å²) in [5.41, 5.74) is 6.54. The second kappa shape index (κ2) is 10.4. The minimum absolute atomic E-state index is 0.199. The topological polar surface area (TPSA) is 74.1 Å². The molecule has 2 heterocycles. The molecule has 1 fully saturated rings. The van der Waals surface area contributed by atoms with E-state index in [1.807, 2.05) is 24.3 Å². The van der Waals surface area contributed by atoms with Gasteiger partial charge in [-0.15, -0.1) is 5.10 Å². The van der Waals surface area contributed by atoms with Crippen LogP contribution in [-0.4, -0.2) is 45.8 Å². The molecule has 0 atom stereocenters. The Bertz CT molecular complexity index is 1090. The zero-order valence-electron chi connectivity index (χ0n) is 18.3. The van der Waals surface area contributed by atoms with Crippen LogP contribution in [0.5, 0.6) is 0 Å². The van der Waals surface area contributed by atoms with Crippen molar-refractivity contribution in [2.24, 2.45) is 0 Å². The Labute approximate surface area is 205 Å². The fourth-order valence-electron chi connectivity index (χ4n) is 4.27. The molecule has 1 aliphatic rings. The van der Waals surface area contributed by atoms with Crippen molar-refractivity contribution >= 4 is 35.1 Å². The minimum atomic E-state index is -4.50. The highest BCUT2D eigenvalue weighted by atomic mass is 35.5. The van der Waals surface area contributed by atoms with Crippen LogP contribution in [0.3, 0.4) is 0 Å². The van der Waals surface area contributed by atoms with Crippen molar-refractivity contribution in [1.82, 2.24) is 20.1 Å². The molecule has 11 heteroatoms. The van der Waals surface area contributed by atoms with Gasteiger partial charge in [0.15, 0.2) is 0 Å². The van der Waals surface area contributed by atoms with Crippen molar-refractivity contribution in [3.8, 4) is 0 Å². The molecule has 0 aliphatic carbocycles. The van der Waals surface area contributed by atoms with Crippen LogP contribution >= 0.6 is 23.2 Å². The predicted octanol–water partition coefficient (Wildman–Crippen LogP) is 5.43. The Hall–Kier alpha value is -2.49. The zero-order chi connectivity index (χ0) is 24.3. The van der Waals surface area contributed by atoms with E-state index in [0.717, 1.165) is 44.0 Å². The summed E-state index contributed by atoms with van der Waals surface area (Å²) in [6.45, 7) is 2.55. The summed E-state index contributed by atoms with van der Waals surface area (Å²) in [7, 11) is 0. The number of nitrogens with one attached hydrogen (secondary N) is 1. The van der Waals surface area contributed by atoms with E-state index in [4.69, 9.17) is 28.9 Å². The molecule has 0 spiro atoms. The molecule has 4 rings (SSSR count). The molecular weight excluding hydrogens is 488 g/mol. The Morgan fingerprint density at radius 1 is 1.06 bits per heavy atom. The molecule has 6 nitrogen and oxygen atoms in total. The Morgan fingerprint density at radius 3 is 2.35 bits per heavy atom. The SMILES string of the molecule is Nc1nc(N2CCC(N(CCc3ccc(Cl)cc3)Cc3ccc(Cl)c(C(F)(F)F)c3)CC2)n[nH]1. The normalized spacial score (nSPS) is 15.3. The molecule has 0 saturated carbocycles. The number of piperidine rings is 1. The van der Waals surface area contributed by atoms with E-state index >= 15 is 0 Å². The molecule has 34 heavy (non-hydrogen) atoms. The molecular formula is C23H25Cl2F3N6. The molecule has 3 aromatic rings. The van der Waals surface area contributed by atoms with Gasteiger partial charge < -0.3 is 10.6 Å². The highest BCUT2D eigenvalue weighted by Gasteiger charge is 2.34. The summed E-state index contributed by atoms with van der Waals surface area (Å²) < 4.78 is 40.2. The van der Waals surface area contributed by atoms with E-state index in [1.165, 1.54) is 6.07 Å². The molecule has 3 N–H and O–H groups in total. The third-order valence-electron chi connectivity index (χ3n) is 6.08. The van der Waals surface area contributed by atoms with Crippen LogP contribution in [0.15, 0.2) is 42.5 Å². The van der Waals surface area contributed by atoms with E-state index in [1.54, 1.807) is 6.07 Å². The van der Waals surface area contributed by atoms with E-state index in [9.17, 15) is 13.2 Å². The molecule has 1 saturated heterocycles. The zero-order valence-corrected chi connectivity index (χ0v) is 19.8. The quantitative estimate of drug-likeness (QED) is 0.441. The average Bonchev–Trinajstić information content (AvgIpc) is 3.24. The van der Waals surface area contributed by atoms with Gasteiger partial charge in [-0.2, -0.15) is 18.2 Å². The lowest BCUT2D eigenvalue weighted by Gasteiger charge is -2.38. The van der Waals surface area contributed by atoms with Crippen molar-refractivity contribution in [3.05, 3.63) is 69.2 Å². The third-order valence-corrected chi connectivity index (χ3v) is 6.66. The van der Waals surface area contributed by atoms with Gasteiger partial charge in [0.25, 0.3) is 0 Å². The number of H-pyrrole nitrogens is 1. The van der Waals surface area contributed by atoms with Crippen LogP contribution in [0, 0.1) is 0 Å². The van der Waals surface area contributed by atoms with Crippen molar-refractivity contribution in [1.29, 1.82) is 0 Å². The predicted molar refractivity (Wildman–Crippen MR) is 128 cm³/mol. The molecule has 2 aromatic carbocycles. The van der Waals surface area contributed by atoms with Gasteiger partial charge in [0.05, 0.1) is 10.6 Å². The number of benzene rings is 2. The first-order valence-electron chi connectivity index (χ1n) is 11.0. The van der Waals surface area contributed by atoms with Gasteiger partial charge in [0.1, 0.15) is 0 Å². The monoisotopic (exact) mass is 512 g/mol. The summed E-state index contributed by atoms with van der Waals surface area (Å²) in [6.07, 6.45) is -2.08. The second-order valence-corrected chi connectivity index (χ2v) is 9.24. The fraction of sp³-hybridized carbons (Fsp3) is 0.391. The molecule has 0 unspecified atom stereocenters. The third kappa shape index (κ3) is 6.14. The first-order valence-corrected chi connectivity index (χ1v) is 11.7. The number of hydrogen-bond acceptors (Lipinski definition) is 5. The minimum Gasteiger partial charge on any atom is -0.368 e. The van der Waals surface area contributed by atoms with Gasteiger partial charge in [0, 0.05) is 37.2 Å². The van der Waals surface area contributed by atoms with Crippen molar-refractivity contribution < 1.29 is 13.2 Å². The first kappa shape index (κ1) is 24.6. The fourth-order valence-corrected chi connectivity index (χ4v) is 4.63. The Morgan fingerprint density at radius 2 is 1.74 bits per heavy atom. The number of nitrogens with two attached hydrogens (primary N) is 1. The number of halogens is 5. The number of rotatable bonds is 7. The molecule has 182 valence electrons. The van der Waals surface area contributed by atoms with Crippen molar-refractivity contribution in [2.75, 3.05) is 30.3 Å². The highest BCUT2D eigenvalue weighted by Crippen LogP contribution is 2.35. The van der Waals surface area contributed by atoms with Gasteiger partial charge in [-0.25, -0.2) is 5.10 Å². The van der Waals surface area contributed by atoms with Crippen LogP contribution in [-0.2, 0) is 19.1 Å². The maximum atomic E-state index is 13.4. The highest BCUT2D eigenvalue weighted by molar-refractivity contribution is 6.31. The molecule has 0 radical (unpaired) electrons. The number of aromatic amines is 1. The van der Waals surface area contributed by atoms with Crippen LogP contribution in [0.2, 0.25) is 10.0 Å².